The molecule has 1 atom stereocenters. The summed E-state index contributed by atoms with van der Waals surface area (Å²) < 4.78 is 0. The summed E-state index contributed by atoms with van der Waals surface area (Å²) in [5.74, 6) is 1.26. The second-order valence-electron chi connectivity index (χ2n) is 9.67. The molecule has 2 aliphatic heterocycles. The van der Waals surface area contributed by atoms with Gasteiger partial charge in [-0.3, -0.25) is 4.79 Å². The Labute approximate surface area is 169 Å². The molecule has 2 rings (SSSR count). The van der Waals surface area contributed by atoms with Crippen molar-refractivity contribution in [1.82, 2.24) is 9.80 Å². The lowest BCUT2D eigenvalue weighted by Gasteiger charge is -2.54. The van der Waals surface area contributed by atoms with Crippen molar-refractivity contribution in [2.45, 2.75) is 104 Å². The Balaban J connectivity index is 1.55. The van der Waals surface area contributed by atoms with Crippen LogP contribution in [0.1, 0.15) is 104 Å². The zero-order valence-corrected chi connectivity index (χ0v) is 18.6. The highest BCUT2D eigenvalue weighted by Crippen LogP contribution is 2.41. The zero-order chi connectivity index (χ0) is 19.5. The Bertz CT molecular complexity index is 407. The van der Waals surface area contributed by atoms with Crippen LogP contribution in [0, 0.1) is 11.3 Å². The Morgan fingerprint density at radius 3 is 2.11 bits per heavy atom. The third-order valence-electron chi connectivity index (χ3n) is 6.91. The molecule has 3 heteroatoms. The Kier molecular flexibility index (Phi) is 10.2. The van der Waals surface area contributed by atoms with Crippen LogP contribution in [-0.4, -0.2) is 48.4 Å². The summed E-state index contributed by atoms with van der Waals surface area (Å²) in [7, 11) is 0. The number of hydrogen-bond acceptors (Lipinski definition) is 2. The van der Waals surface area contributed by atoms with Gasteiger partial charge >= 0.3 is 0 Å². The number of hydrogen-bond donors (Lipinski definition) is 0. The second-order valence-corrected chi connectivity index (χ2v) is 9.67. The minimum atomic E-state index is 0.415. The van der Waals surface area contributed by atoms with Gasteiger partial charge in [-0.05, 0) is 37.0 Å². The molecule has 1 spiro atoms. The molecule has 158 valence electrons. The lowest BCUT2D eigenvalue weighted by atomic mass is 9.71. The van der Waals surface area contributed by atoms with Gasteiger partial charge in [0.05, 0.1) is 0 Å². The van der Waals surface area contributed by atoms with Crippen molar-refractivity contribution in [2.75, 3.05) is 32.7 Å². The van der Waals surface area contributed by atoms with E-state index in [9.17, 15) is 4.79 Å². The van der Waals surface area contributed by atoms with Crippen molar-refractivity contribution in [3.8, 4) is 0 Å². The molecule has 1 unspecified atom stereocenters. The monoisotopic (exact) mass is 378 g/mol. The first-order valence-electron chi connectivity index (χ1n) is 12.1. The van der Waals surface area contributed by atoms with Crippen LogP contribution >= 0.6 is 0 Å². The van der Waals surface area contributed by atoms with E-state index in [0.717, 1.165) is 31.8 Å². The van der Waals surface area contributed by atoms with Crippen LogP contribution in [-0.2, 0) is 4.79 Å². The molecule has 3 nitrogen and oxygen atoms in total. The molecule has 2 heterocycles. The van der Waals surface area contributed by atoms with E-state index in [1.54, 1.807) is 0 Å². The van der Waals surface area contributed by atoms with Gasteiger partial charge in [-0.25, -0.2) is 0 Å². The smallest absolute Gasteiger partial charge is 0.222 e. The highest BCUT2D eigenvalue weighted by Gasteiger charge is 2.45. The molecule has 0 aliphatic carbocycles. The first kappa shape index (κ1) is 22.7. The molecular weight excluding hydrogens is 332 g/mol. The minimum absolute atomic E-state index is 0.415. The average Bonchev–Trinajstić information content (AvgIpc) is 2.64. The van der Waals surface area contributed by atoms with Gasteiger partial charge in [-0.15, -0.1) is 0 Å². The second kappa shape index (κ2) is 12.1. The van der Waals surface area contributed by atoms with Gasteiger partial charge in [-0.2, -0.15) is 0 Å². The predicted molar refractivity (Wildman–Crippen MR) is 116 cm³/mol. The van der Waals surface area contributed by atoms with Gasteiger partial charge < -0.3 is 9.80 Å². The van der Waals surface area contributed by atoms with Gasteiger partial charge in [0.1, 0.15) is 0 Å². The minimum Gasteiger partial charge on any atom is -0.343 e. The fourth-order valence-corrected chi connectivity index (χ4v) is 5.07. The molecule has 0 saturated carbocycles. The molecule has 0 aromatic carbocycles. The van der Waals surface area contributed by atoms with Crippen molar-refractivity contribution < 1.29 is 4.79 Å². The fraction of sp³-hybridized carbons (Fsp3) is 0.958. The Morgan fingerprint density at radius 2 is 1.48 bits per heavy atom. The van der Waals surface area contributed by atoms with Crippen LogP contribution in [0.15, 0.2) is 0 Å². The number of unbranched alkanes of at least 4 members (excludes halogenated alkanes) is 7. The topological polar surface area (TPSA) is 23.6 Å². The number of likely N-dealkylation sites (tertiary alicyclic amines) is 2. The lowest BCUT2D eigenvalue weighted by Crippen LogP contribution is -2.61. The fourth-order valence-electron chi connectivity index (χ4n) is 5.07. The van der Waals surface area contributed by atoms with Gasteiger partial charge in [0.15, 0.2) is 0 Å². The molecule has 0 N–H and O–H groups in total. The summed E-state index contributed by atoms with van der Waals surface area (Å²) in [4.78, 5) is 17.3. The number of amides is 1. The maximum absolute atomic E-state index is 12.4. The lowest BCUT2D eigenvalue weighted by molar-refractivity contribution is -0.136. The van der Waals surface area contributed by atoms with E-state index in [4.69, 9.17) is 0 Å². The van der Waals surface area contributed by atoms with Crippen molar-refractivity contribution >= 4 is 5.91 Å². The van der Waals surface area contributed by atoms with E-state index in [0.29, 0.717) is 11.3 Å². The maximum atomic E-state index is 12.4. The molecule has 27 heavy (non-hydrogen) atoms. The molecule has 1 amide bonds. The molecule has 2 aliphatic rings. The summed E-state index contributed by atoms with van der Waals surface area (Å²) in [6.45, 7) is 12.8. The van der Waals surface area contributed by atoms with Crippen LogP contribution in [0.5, 0.6) is 0 Å². The SMILES string of the molecule is CCCCCCCC(=O)N1CCC2(CC1)CN(CC(C)CCCCCC)C2. The van der Waals surface area contributed by atoms with Crippen molar-refractivity contribution in [1.29, 1.82) is 0 Å². The van der Waals surface area contributed by atoms with Gasteiger partial charge in [-0.1, -0.05) is 72.1 Å². The van der Waals surface area contributed by atoms with E-state index in [1.807, 2.05) is 0 Å². The van der Waals surface area contributed by atoms with Crippen LogP contribution < -0.4 is 0 Å². The van der Waals surface area contributed by atoms with E-state index in [-0.39, 0.29) is 0 Å². The third-order valence-corrected chi connectivity index (χ3v) is 6.91. The van der Waals surface area contributed by atoms with E-state index >= 15 is 0 Å². The number of nitrogens with zero attached hydrogens (tertiary/aromatic N) is 2. The molecule has 0 aromatic rings. The van der Waals surface area contributed by atoms with Crippen LogP contribution in [0.3, 0.4) is 0 Å². The summed E-state index contributed by atoms with van der Waals surface area (Å²) >= 11 is 0. The molecule has 2 fully saturated rings. The van der Waals surface area contributed by atoms with Crippen molar-refractivity contribution in [2.24, 2.45) is 11.3 Å². The van der Waals surface area contributed by atoms with Crippen molar-refractivity contribution in [3.63, 3.8) is 0 Å². The zero-order valence-electron chi connectivity index (χ0n) is 18.6. The van der Waals surface area contributed by atoms with E-state index in [2.05, 4.69) is 30.6 Å². The van der Waals surface area contributed by atoms with Gasteiger partial charge in [0.25, 0.3) is 0 Å². The highest BCUT2D eigenvalue weighted by molar-refractivity contribution is 5.76. The molecular formula is C24H46N2O. The molecule has 2 saturated heterocycles. The molecule has 0 bridgehead atoms. The van der Waals surface area contributed by atoms with Gasteiger partial charge in [0.2, 0.25) is 5.91 Å². The Hall–Kier alpha value is -0.570. The van der Waals surface area contributed by atoms with Gasteiger partial charge in [0, 0.05) is 39.1 Å². The number of carbonyl (C=O) groups excluding carboxylic acids is 1. The quantitative estimate of drug-likeness (QED) is 0.374. The van der Waals surface area contributed by atoms with Crippen LogP contribution in [0.2, 0.25) is 0 Å². The number of piperidine rings is 1. The summed E-state index contributed by atoms with van der Waals surface area (Å²) in [5.41, 5.74) is 0.542. The maximum Gasteiger partial charge on any atom is 0.222 e. The Morgan fingerprint density at radius 1 is 0.889 bits per heavy atom. The normalized spacial score (nSPS) is 20.6. The summed E-state index contributed by atoms with van der Waals surface area (Å²) in [6, 6.07) is 0. The predicted octanol–water partition coefficient (Wildman–Crippen LogP) is 5.88. The van der Waals surface area contributed by atoms with Crippen LogP contribution in [0.4, 0.5) is 0 Å². The number of carbonyl (C=O) groups is 1. The first-order valence-corrected chi connectivity index (χ1v) is 12.1. The van der Waals surface area contributed by atoms with E-state index in [1.165, 1.54) is 90.3 Å². The van der Waals surface area contributed by atoms with Crippen molar-refractivity contribution in [3.05, 3.63) is 0 Å². The third kappa shape index (κ3) is 7.75. The number of rotatable bonds is 13. The molecule has 0 aromatic heterocycles. The standard InChI is InChI=1S/C24H46N2O/c1-4-6-8-10-12-14-23(27)26-17-15-24(16-18-26)20-25(21-24)19-22(3)13-11-9-7-5-2/h22H,4-21H2,1-3H3. The summed E-state index contributed by atoms with van der Waals surface area (Å²) in [6.07, 6.45) is 16.4. The van der Waals surface area contributed by atoms with Crippen LogP contribution in [0.25, 0.3) is 0 Å². The average molecular weight is 379 g/mol. The van der Waals surface area contributed by atoms with E-state index < -0.39 is 0 Å². The largest absolute Gasteiger partial charge is 0.343 e. The highest BCUT2D eigenvalue weighted by atomic mass is 16.2. The summed E-state index contributed by atoms with van der Waals surface area (Å²) in [5, 5.41) is 0. The first-order chi connectivity index (χ1) is 13.1. The molecule has 0 radical (unpaired) electrons.